The number of rotatable bonds is 6. The molecule has 4 aliphatic rings. The van der Waals surface area contributed by atoms with Crippen LogP contribution in [0.1, 0.15) is 66.6 Å². The van der Waals surface area contributed by atoms with E-state index in [0.29, 0.717) is 19.4 Å². The summed E-state index contributed by atoms with van der Waals surface area (Å²) in [6, 6.07) is 8.61. The lowest BCUT2D eigenvalue weighted by atomic mass is 9.74. The number of pyridine rings is 1. The maximum absolute atomic E-state index is 14.3. The van der Waals surface area contributed by atoms with Gasteiger partial charge in [0.15, 0.2) is 5.67 Å². The number of halogens is 4. The molecule has 2 saturated carbocycles. The fourth-order valence-corrected chi connectivity index (χ4v) is 6.41. The van der Waals surface area contributed by atoms with E-state index in [2.05, 4.69) is 10.3 Å². The second-order valence-corrected chi connectivity index (χ2v) is 11.7. The van der Waals surface area contributed by atoms with Gasteiger partial charge >= 0.3 is 0 Å². The van der Waals surface area contributed by atoms with Gasteiger partial charge in [0, 0.05) is 37.6 Å². The summed E-state index contributed by atoms with van der Waals surface area (Å²) in [4.78, 5) is 45.8. The van der Waals surface area contributed by atoms with E-state index in [9.17, 15) is 27.6 Å². The van der Waals surface area contributed by atoms with E-state index < -0.39 is 35.0 Å². The molecular weight excluding hydrogens is 533 g/mol. The van der Waals surface area contributed by atoms with E-state index in [0.717, 1.165) is 30.3 Å². The minimum atomic E-state index is -2.89. The maximum atomic E-state index is 14.3. The quantitative estimate of drug-likeness (QED) is 0.560. The molecule has 39 heavy (non-hydrogen) atoms. The third-order valence-corrected chi connectivity index (χ3v) is 8.81. The average molecular weight is 561 g/mol. The van der Waals surface area contributed by atoms with Gasteiger partial charge in [0.05, 0.1) is 10.6 Å². The summed E-state index contributed by atoms with van der Waals surface area (Å²) in [7, 11) is 0. The second-order valence-electron chi connectivity index (χ2n) is 11.2. The Labute approximate surface area is 228 Å². The lowest BCUT2D eigenvalue weighted by Crippen LogP contribution is -2.66. The Hall–Kier alpha value is -3.14. The number of fused-ring (bicyclic) bond motifs is 2. The highest BCUT2D eigenvalue weighted by Crippen LogP contribution is 2.50. The monoisotopic (exact) mass is 560 g/mol. The summed E-state index contributed by atoms with van der Waals surface area (Å²) < 4.78 is 41.0. The molecule has 0 atom stereocenters. The van der Waals surface area contributed by atoms with E-state index in [1.807, 2.05) is 24.3 Å². The van der Waals surface area contributed by atoms with Gasteiger partial charge in [-0.1, -0.05) is 29.8 Å². The first-order valence-electron chi connectivity index (χ1n) is 13.3. The van der Waals surface area contributed by atoms with Gasteiger partial charge in [0.25, 0.3) is 18.2 Å². The zero-order chi connectivity index (χ0) is 27.5. The molecule has 3 fully saturated rings. The molecule has 1 saturated heterocycles. The zero-order valence-corrected chi connectivity index (χ0v) is 21.9. The number of benzene rings is 1. The predicted octanol–water partition coefficient (Wildman–Crippen LogP) is 4.59. The Bertz CT molecular complexity index is 1340. The zero-order valence-electron chi connectivity index (χ0n) is 21.1. The van der Waals surface area contributed by atoms with Gasteiger partial charge < -0.3 is 15.1 Å². The van der Waals surface area contributed by atoms with Crippen molar-refractivity contribution in [3.63, 3.8) is 0 Å². The predicted molar refractivity (Wildman–Crippen MR) is 138 cm³/mol. The second kappa shape index (κ2) is 9.50. The van der Waals surface area contributed by atoms with Gasteiger partial charge in [-0.05, 0) is 62.1 Å². The van der Waals surface area contributed by atoms with Crippen molar-refractivity contribution in [2.24, 2.45) is 5.92 Å². The van der Waals surface area contributed by atoms with Crippen LogP contribution in [0, 0.1) is 5.92 Å². The first kappa shape index (κ1) is 26.1. The Morgan fingerprint density at radius 1 is 1.13 bits per heavy atom. The summed E-state index contributed by atoms with van der Waals surface area (Å²) in [5.74, 6) is -1.00. The van der Waals surface area contributed by atoms with E-state index in [1.165, 1.54) is 11.0 Å². The number of anilines is 1. The summed E-state index contributed by atoms with van der Waals surface area (Å²) in [5, 5.41) is 2.95. The normalized spacial score (nSPS) is 24.5. The molecule has 1 aromatic heterocycles. The third-order valence-electron chi connectivity index (χ3n) is 8.61. The van der Waals surface area contributed by atoms with Crippen molar-refractivity contribution in [3.05, 3.63) is 58.4 Å². The first-order chi connectivity index (χ1) is 18.6. The number of carbonyl (C=O) groups excluding carboxylic acids is 3. The number of likely N-dealkylation sites (tertiary alicyclic amines) is 1. The smallest absolute Gasteiger partial charge is 0.281 e. The first-order valence-corrected chi connectivity index (χ1v) is 13.6. The van der Waals surface area contributed by atoms with Crippen LogP contribution in [-0.4, -0.2) is 59.0 Å². The maximum Gasteiger partial charge on any atom is 0.281 e. The number of hydrogen-bond acceptors (Lipinski definition) is 4. The van der Waals surface area contributed by atoms with Crippen LogP contribution in [0.5, 0.6) is 0 Å². The van der Waals surface area contributed by atoms with Crippen molar-refractivity contribution in [2.45, 2.75) is 62.1 Å². The van der Waals surface area contributed by atoms with Crippen LogP contribution in [0.4, 0.5) is 18.9 Å². The molecule has 1 aromatic carbocycles. The standard InChI is InChI=1S/C28H28ClF3N4O3/c29-17-11-19(22(23(30)31)33-12-17)24(37)34-18-7-5-16(6-8-18)13-36-21-4-2-1-3-20(21)27(25(36)38)14-35(15-27)26(39)28(32)9-10-28/h1-4,11-12,16,18,23H,5-10,13-15H2,(H,34,37)/t16-,18-. The molecule has 2 aromatic rings. The Kier molecular flexibility index (Phi) is 6.36. The van der Waals surface area contributed by atoms with Crippen LogP contribution in [0.15, 0.2) is 36.5 Å². The van der Waals surface area contributed by atoms with Gasteiger partial charge in [0.1, 0.15) is 11.1 Å². The highest BCUT2D eigenvalue weighted by molar-refractivity contribution is 6.30. The molecule has 0 unspecified atom stereocenters. The van der Waals surface area contributed by atoms with Crippen LogP contribution in [0.2, 0.25) is 5.02 Å². The largest absolute Gasteiger partial charge is 0.349 e. The van der Waals surface area contributed by atoms with Crippen LogP contribution < -0.4 is 10.2 Å². The molecule has 6 rings (SSSR count). The van der Waals surface area contributed by atoms with Crippen molar-refractivity contribution >= 4 is 35.0 Å². The van der Waals surface area contributed by atoms with Crippen LogP contribution >= 0.6 is 11.6 Å². The number of nitrogens with zero attached hydrogens (tertiary/aromatic N) is 3. The highest BCUT2D eigenvalue weighted by atomic mass is 35.5. The van der Waals surface area contributed by atoms with Crippen LogP contribution in [0.3, 0.4) is 0 Å². The van der Waals surface area contributed by atoms with E-state index >= 15 is 0 Å². The minimum Gasteiger partial charge on any atom is -0.349 e. The SMILES string of the molecule is O=C(N[C@H]1CC[C@H](CN2C(=O)C3(CN(C(=O)C4(F)CC4)C3)c3ccccc32)CC1)c1cc(Cl)cnc1C(F)F. The molecule has 0 radical (unpaired) electrons. The van der Waals surface area contributed by atoms with E-state index in [4.69, 9.17) is 11.6 Å². The summed E-state index contributed by atoms with van der Waals surface area (Å²) in [6.45, 7) is 0.899. The third kappa shape index (κ3) is 4.46. The van der Waals surface area contributed by atoms with Gasteiger partial charge in [-0.3, -0.25) is 19.4 Å². The van der Waals surface area contributed by atoms with Crippen molar-refractivity contribution in [2.75, 3.05) is 24.5 Å². The summed E-state index contributed by atoms with van der Waals surface area (Å²) in [6.07, 6.45) is 1.47. The molecule has 1 spiro atoms. The van der Waals surface area contributed by atoms with Crippen molar-refractivity contribution < 1.29 is 27.6 Å². The molecule has 3 heterocycles. The van der Waals surface area contributed by atoms with Gasteiger partial charge in [-0.2, -0.15) is 0 Å². The lowest BCUT2D eigenvalue weighted by Gasteiger charge is -2.47. The van der Waals surface area contributed by atoms with Crippen molar-refractivity contribution in [1.29, 1.82) is 0 Å². The van der Waals surface area contributed by atoms with Crippen LogP contribution in [0.25, 0.3) is 0 Å². The molecule has 3 amide bonds. The topological polar surface area (TPSA) is 82.6 Å². The van der Waals surface area contributed by atoms with Gasteiger partial charge in [-0.15, -0.1) is 0 Å². The van der Waals surface area contributed by atoms with Crippen molar-refractivity contribution in [3.8, 4) is 0 Å². The number of alkyl halides is 3. The summed E-state index contributed by atoms with van der Waals surface area (Å²) in [5.41, 5.74) is -1.68. The molecule has 1 N–H and O–H groups in total. The lowest BCUT2D eigenvalue weighted by molar-refractivity contribution is -0.149. The number of para-hydroxylation sites is 1. The minimum absolute atomic E-state index is 0.0557. The highest BCUT2D eigenvalue weighted by Gasteiger charge is 2.63. The Morgan fingerprint density at radius 3 is 2.49 bits per heavy atom. The molecule has 11 heteroatoms. The van der Waals surface area contributed by atoms with Crippen LogP contribution in [-0.2, 0) is 15.0 Å². The van der Waals surface area contributed by atoms with Crippen molar-refractivity contribution in [1.82, 2.24) is 15.2 Å². The Morgan fingerprint density at radius 2 is 1.82 bits per heavy atom. The molecular formula is C28H28ClF3N4O3. The number of carbonyl (C=O) groups is 3. The van der Waals surface area contributed by atoms with Gasteiger partial charge in [-0.25, -0.2) is 13.2 Å². The van der Waals surface area contributed by atoms with Gasteiger partial charge in [0.2, 0.25) is 5.91 Å². The molecule has 206 valence electrons. The molecule has 2 aliphatic heterocycles. The van der Waals surface area contributed by atoms with E-state index in [-0.39, 0.29) is 54.4 Å². The number of nitrogens with one attached hydrogen (secondary N) is 1. The molecule has 2 aliphatic carbocycles. The average Bonchev–Trinajstić information content (AvgIpc) is 3.60. The molecule has 0 bridgehead atoms. The van der Waals surface area contributed by atoms with E-state index in [1.54, 1.807) is 4.90 Å². The number of aromatic nitrogens is 1. The summed E-state index contributed by atoms with van der Waals surface area (Å²) >= 11 is 5.88. The molecule has 7 nitrogen and oxygen atoms in total. The number of amides is 3. The number of hydrogen-bond donors (Lipinski definition) is 1. The fraction of sp³-hybridized carbons (Fsp3) is 0.500. The fourth-order valence-electron chi connectivity index (χ4n) is 6.26. The Balaban J connectivity index is 1.08.